The van der Waals surface area contributed by atoms with Crippen molar-refractivity contribution < 1.29 is 17.6 Å². The van der Waals surface area contributed by atoms with Gasteiger partial charge in [-0.15, -0.1) is 0 Å². The number of sulfonamides is 1. The zero-order valence-corrected chi connectivity index (χ0v) is 22.6. The van der Waals surface area contributed by atoms with Crippen molar-refractivity contribution in [1.82, 2.24) is 14.2 Å². The lowest BCUT2D eigenvalue weighted by Gasteiger charge is -2.42. The van der Waals surface area contributed by atoms with Crippen LogP contribution in [0, 0.1) is 24.2 Å². The fourth-order valence-corrected chi connectivity index (χ4v) is 7.96. The van der Waals surface area contributed by atoms with Crippen molar-refractivity contribution in [2.24, 2.45) is 17.3 Å². The first-order valence-electron chi connectivity index (χ1n) is 13.3. The van der Waals surface area contributed by atoms with Crippen LogP contribution in [0.1, 0.15) is 57.1 Å². The van der Waals surface area contributed by atoms with Gasteiger partial charge < -0.3 is 9.32 Å². The molecule has 0 bridgehead atoms. The Morgan fingerprint density at radius 2 is 1.86 bits per heavy atom. The Morgan fingerprint density at radius 1 is 1.14 bits per heavy atom. The number of aryl methyl sites for hydroxylation is 1. The molecule has 1 aromatic heterocycles. The number of benzene rings is 2. The maximum Gasteiger partial charge on any atom is 0.243 e. The molecule has 2 aliphatic carbocycles. The average Bonchev–Trinajstić information content (AvgIpc) is 3.29. The van der Waals surface area contributed by atoms with E-state index in [4.69, 9.17) is 4.42 Å². The van der Waals surface area contributed by atoms with Crippen molar-refractivity contribution >= 4 is 27.0 Å². The molecule has 1 saturated heterocycles. The third kappa shape index (κ3) is 4.59. The smallest absolute Gasteiger partial charge is 0.243 e. The van der Waals surface area contributed by atoms with Crippen LogP contribution in [0.4, 0.5) is 0 Å². The third-order valence-electron chi connectivity index (χ3n) is 8.77. The molecule has 3 atom stereocenters. The fourth-order valence-electron chi connectivity index (χ4n) is 6.28. The van der Waals surface area contributed by atoms with Crippen LogP contribution < -0.4 is 0 Å². The lowest BCUT2D eigenvalue weighted by atomic mass is 9.75. The van der Waals surface area contributed by atoms with E-state index in [1.54, 1.807) is 12.1 Å². The first-order valence-corrected chi connectivity index (χ1v) is 14.8. The normalized spacial score (nSPS) is 25.8. The van der Waals surface area contributed by atoms with E-state index in [1.807, 2.05) is 42.2 Å². The van der Waals surface area contributed by atoms with Crippen LogP contribution >= 0.6 is 0 Å². The summed E-state index contributed by atoms with van der Waals surface area (Å²) in [6.45, 7) is 7.38. The summed E-state index contributed by atoms with van der Waals surface area (Å²) in [6, 6.07) is 12.3. The molecule has 1 aliphatic heterocycles. The van der Waals surface area contributed by atoms with E-state index in [1.165, 1.54) is 10.7 Å². The first kappa shape index (κ1) is 24.6. The molecule has 2 saturated carbocycles. The summed E-state index contributed by atoms with van der Waals surface area (Å²) in [6.07, 6.45) is 6.30. The van der Waals surface area contributed by atoms with Crippen molar-refractivity contribution in [1.29, 1.82) is 0 Å². The molecule has 0 N–H and O–H groups in total. The molecular weight excluding hydrogens is 486 g/mol. The molecule has 0 unspecified atom stereocenters. The number of aromatic nitrogens is 1. The van der Waals surface area contributed by atoms with Gasteiger partial charge in [-0.3, -0.25) is 4.79 Å². The largest absolute Gasteiger partial charge is 0.443 e. The molecule has 37 heavy (non-hydrogen) atoms. The zero-order valence-electron chi connectivity index (χ0n) is 21.8. The molecule has 196 valence electrons. The lowest BCUT2D eigenvalue weighted by Crippen LogP contribution is -2.53. The molecular formula is C29H35N3O4S. The molecule has 3 fully saturated rings. The summed E-state index contributed by atoms with van der Waals surface area (Å²) < 4.78 is 34.3. The van der Waals surface area contributed by atoms with Gasteiger partial charge in [-0.1, -0.05) is 37.6 Å². The van der Waals surface area contributed by atoms with E-state index in [0.717, 1.165) is 48.7 Å². The number of fused-ring (bicyclic) bond motifs is 2. The van der Waals surface area contributed by atoms with Gasteiger partial charge in [0.2, 0.25) is 15.9 Å². The highest BCUT2D eigenvalue weighted by atomic mass is 32.2. The summed E-state index contributed by atoms with van der Waals surface area (Å²) in [5.74, 6) is 0.326. The molecule has 3 aromatic rings. The highest BCUT2D eigenvalue weighted by molar-refractivity contribution is 7.89. The standard InChI is InChI=1S/C29H35N3O4S/c1-19-4-7-23(8-5-19)37(34,35)32-17-21-15-24(21)27(32)28(33)31(22-10-12-29(2,3)13-11-22)16-20-6-9-26-25(14-20)30-18-36-26/h4-9,14,18,21-22,24,27H,10-13,15-17H2,1-3H3/t21-,24-,27+/m1/s1. The maximum atomic E-state index is 14.4. The molecule has 2 heterocycles. The van der Waals surface area contributed by atoms with Crippen molar-refractivity contribution in [2.45, 2.75) is 76.4 Å². The van der Waals surface area contributed by atoms with Crippen molar-refractivity contribution in [3.05, 3.63) is 60.0 Å². The number of amides is 1. The van der Waals surface area contributed by atoms with Gasteiger partial charge in [0, 0.05) is 19.1 Å². The summed E-state index contributed by atoms with van der Waals surface area (Å²) in [7, 11) is -3.77. The molecule has 0 radical (unpaired) electrons. The summed E-state index contributed by atoms with van der Waals surface area (Å²) >= 11 is 0. The monoisotopic (exact) mass is 521 g/mol. The van der Waals surface area contributed by atoms with Crippen LogP contribution in [0.25, 0.3) is 11.1 Å². The topological polar surface area (TPSA) is 83.7 Å². The van der Waals surface area contributed by atoms with Crippen LogP contribution in [-0.2, 0) is 21.4 Å². The number of hydrogen-bond donors (Lipinski definition) is 0. The minimum atomic E-state index is -3.77. The average molecular weight is 522 g/mol. The Balaban J connectivity index is 1.32. The second kappa shape index (κ2) is 8.95. The van der Waals surface area contributed by atoms with Crippen LogP contribution in [0.15, 0.2) is 58.2 Å². The van der Waals surface area contributed by atoms with Gasteiger partial charge in [0.15, 0.2) is 12.0 Å². The number of nitrogens with zero attached hydrogens (tertiary/aromatic N) is 3. The summed E-state index contributed by atoms with van der Waals surface area (Å²) in [4.78, 5) is 20.9. The quantitative estimate of drug-likeness (QED) is 0.448. The van der Waals surface area contributed by atoms with E-state index in [2.05, 4.69) is 18.8 Å². The molecule has 7 nitrogen and oxygen atoms in total. The van der Waals surface area contributed by atoms with Gasteiger partial charge in [0.1, 0.15) is 11.6 Å². The van der Waals surface area contributed by atoms with Crippen LogP contribution in [0.5, 0.6) is 0 Å². The number of carbonyl (C=O) groups is 1. The minimum absolute atomic E-state index is 0.0503. The highest BCUT2D eigenvalue weighted by Crippen LogP contribution is 2.52. The molecule has 6 rings (SSSR count). The van der Waals surface area contributed by atoms with Crippen molar-refractivity contribution in [3.63, 3.8) is 0 Å². The molecule has 8 heteroatoms. The highest BCUT2D eigenvalue weighted by Gasteiger charge is 2.60. The van der Waals surface area contributed by atoms with Crippen molar-refractivity contribution in [2.75, 3.05) is 6.54 Å². The number of hydrogen-bond acceptors (Lipinski definition) is 5. The summed E-state index contributed by atoms with van der Waals surface area (Å²) in [5, 5.41) is 0. The Labute approximate surface area is 218 Å². The third-order valence-corrected chi connectivity index (χ3v) is 10.6. The molecule has 0 spiro atoms. The fraction of sp³-hybridized carbons (Fsp3) is 0.517. The second-order valence-electron chi connectivity index (χ2n) is 12.0. The van der Waals surface area contributed by atoms with Crippen LogP contribution in [0.3, 0.4) is 0 Å². The van der Waals surface area contributed by atoms with Gasteiger partial charge in [0.25, 0.3) is 0 Å². The van der Waals surface area contributed by atoms with E-state index in [-0.39, 0.29) is 34.1 Å². The molecule has 1 amide bonds. The predicted octanol–water partition coefficient (Wildman–Crippen LogP) is 5.14. The maximum absolute atomic E-state index is 14.4. The van der Waals surface area contributed by atoms with Gasteiger partial charge >= 0.3 is 0 Å². The SMILES string of the molecule is Cc1ccc(S(=O)(=O)N2C[C@H]3C[C@H]3[C@H]2C(=O)N(Cc2ccc3ocnc3c2)C2CCC(C)(C)CC2)cc1. The zero-order chi connectivity index (χ0) is 25.9. The van der Waals surface area contributed by atoms with E-state index in [0.29, 0.717) is 18.7 Å². The number of piperidine rings is 1. The van der Waals surface area contributed by atoms with E-state index in [9.17, 15) is 13.2 Å². The second-order valence-corrected chi connectivity index (χ2v) is 13.9. The Bertz CT molecular complexity index is 1420. The number of carbonyl (C=O) groups excluding carboxylic acids is 1. The van der Waals surface area contributed by atoms with Crippen LogP contribution in [-0.4, -0.2) is 47.1 Å². The number of oxazole rings is 1. The Morgan fingerprint density at radius 3 is 2.59 bits per heavy atom. The van der Waals surface area contributed by atoms with Gasteiger partial charge in [-0.2, -0.15) is 4.31 Å². The lowest BCUT2D eigenvalue weighted by molar-refractivity contribution is -0.139. The van der Waals surface area contributed by atoms with Crippen molar-refractivity contribution in [3.8, 4) is 0 Å². The Hall–Kier alpha value is -2.71. The minimum Gasteiger partial charge on any atom is -0.443 e. The van der Waals surface area contributed by atoms with E-state index < -0.39 is 16.1 Å². The van der Waals surface area contributed by atoms with Gasteiger partial charge in [-0.25, -0.2) is 13.4 Å². The van der Waals surface area contributed by atoms with E-state index >= 15 is 0 Å². The molecule has 3 aliphatic rings. The predicted molar refractivity (Wildman–Crippen MR) is 141 cm³/mol. The Kier molecular flexibility index (Phi) is 5.95. The summed E-state index contributed by atoms with van der Waals surface area (Å²) in [5.41, 5.74) is 3.74. The molecule has 2 aromatic carbocycles. The van der Waals surface area contributed by atoms with Gasteiger partial charge in [-0.05, 0) is 86.1 Å². The number of rotatable bonds is 6. The first-order chi connectivity index (χ1) is 17.6. The van der Waals surface area contributed by atoms with Crippen LogP contribution in [0.2, 0.25) is 0 Å². The van der Waals surface area contributed by atoms with Gasteiger partial charge in [0.05, 0.1) is 4.90 Å².